The zero-order valence-corrected chi connectivity index (χ0v) is 16.7. The third-order valence-electron chi connectivity index (χ3n) is 5.22. The van der Waals surface area contributed by atoms with Crippen LogP contribution in [0.1, 0.15) is 28.8 Å². The van der Waals surface area contributed by atoms with Gasteiger partial charge in [0.2, 0.25) is 0 Å². The molecule has 0 bridgehead atoms. The molecule has 0 spiro atoms. The van der Waals surface area contributed by atoms with Crippen molar-refractivity contribution in [2.45, 2.75) is 19.4 Å². The van der Waals surface area contributed by atoms with Crippen LogP contribution >= 0.6 is 11.6 Å². The molecule has 1 fully saturated rings. The average molecular weight is 398 g/mol. The molecule has 1 N–H and O–H groups in total. The number of carbonyl (C=O) groups is 1. The minimum atomic E-state index is 0.00237. The number of halogens is 1. The summed E-state index contributed by atoms with van der Waals surface area (Å²) < 4.78 is 1.83. The molecule has 1 unspecified atom stereocenters. The van der Waals surface area contributed by atoms with Gasteiger partial charge in [-0.3, -0.25) is 4.79 Å². The Bertz CT molecular complexity index is 980. The monoisotopic (exact) mass is 397 g/mol. The molecule has 0 saturated carbocycles. The van der Waals surface area contributed by atoms with Gasteiger partial charge in [-0.15, -0.1) is 0 Å². The zero-order chi connectivity index (χ0) is 19.5. The lowest BCUT2D eigenvalue weighted by atomic mass is 9.99. The number of nitrogens with one attached hydrogen (secondary N) is 1. The largest absolute Gasteiger partial charge is 0.341 e. The Hall–Kier alpha value is -2.44. The molecule has 3 heterocycles. The summed E-state index contributed by atoms with van der Waals surface area (Å²) in [6.07, 6.45) is 5.75. The van der Waals surface area contributed by atoms with Crippen LogP contribution in [0.4, 0.5) is 0 Å². The van der Waals surface area contributed by atoms with Crippen LogP contribution in [0.3, 0.4) is 0 Å². The Morgan fingerprint density at radius 3 is 3.04 bits per heavy atom. The normalized spacial score (nSPS) is 17.0. The maximum Gasteiger partial charge on any atom is 0.255 e. The Kier molecular flexibility index (Phi) is 5.59. The molecular weight excluding hydrogens is 374 g/mol. The first-order valence-electron chi connectivity index (χ1n) is 9.62. The van der Waals surface area contributed by atoms with Crippen LogP contribution in [0.2, 0.25) is 5.02 Å². The number of rotatable bonds is 5. The van der Waals surface area contributed by atoms with Crippen LogP contribution in [0, 0.1) is 5.92 Å². The fraction of sp³-hybridized carbons (Fsp3) is 0.381. The van der Waals surface area contributed by atoms with Gasteiger partial charge in [0.1, 0.15) is 0 Å². The average Bonchev–Trinajstić information content (AvgIpc) is 3.10. The molecule has 2 aromatic heterocycles. The molecule has 1 aliphatic rings. The molecular formula is C21H24ClN5O. The van der Waals surface area contributed by atoms with Crippen molar-refractivity contribution in [2.24, 2.45) is 5.92 Å². The van der Waals surface area contributed by atoms with Crippen molar-refractivity contribution in [1.29, 1.82) is 0 Å². The van der Waals surface area contributed by atoms with Crippen LogP contribution in [0.15, 0.2) is 42.7 Å². The summed E-state index contributed by atoms with van der Waals surface area (Å²) in [5, 5.41) is 9.40. The van der Waals surface area contributed by atoms with Gasteiger partial charge in [-0.25, -0.2) is 9.67 Å². The van der Waals surface area contributed by atoms with Crippen LogP contribution in [0.5, 0.6) is 0 Å². The number of fused-ring (bicyclic) bond motifs is 1. The number of carbonyl (C=O) groups excluding carboxylic acids is 1. The molecule has 1 saturated heterocycles. The highest BCUT2D eigenvalue weighted by molar-refractivity contribution is 6.30. The first-order chi connectivity index (χ1) is 13.6. The van der Waals surface area contributed by atoms with E-state index >= 15 is 0 Å². The van der Waals surface area contributed by atoms with Crippen molar-refractivity contribution in [2.75, 3.05) is 26.7 Å². The molecule has 3 aromatic rings. The minimum absolute atomic E-state index is 0.00237. The first-order valence-corrected chi connectivity index (χ1v) is 10.00. The maximum absolute atomic E-state index is 12.8. The van der Waals surface area contributed by atoms with E-state index in [4.69, 9.17) is 11.6 Å². The second-order valence-electron chi connectivity index (χ2n) is 7.47. The number of amides is 1. The van der Waals surface area contributed by atoms with Crippen LogP contribution < -0.4 is 5.32 Å². The van der Waals surface area contributed by atoms with E-state index in [1.54, 1.807) is 17.3 Å². The van der Waals surface area contributed by atoms with E-state index in [1.165, 1.54) is 6.42 Å². The molecule has 1 aromatic carbocycles. The quantitative estimate of drug-likeness (QED) is 0.718. The number of piperidine rings is 1. The van der Waals surface area contributed by atoms with Gasteiger partial charge in [0.15, 0.2) is 5.65 Å². The number of nitrogens with zero attached hydrogens (tertiary/aromatic N) is 4. The topological polar surface area (TPSA) is 63.1 Å². The van der Waals surface area contributed by atoms with Crippen molar-refractivity contribution >= 4 is 28.5 Å². The molecule has 4 rings (SSSR count). The predicted octanol–water partition coefficient (Wildman–Crippen LogP) is 3.20. The fourth-order valence-corrected chi connectivity index (χ4v) is 4.00. The first kappa shape index (κ1) is 18.9. The highest BCUT2D eigenvalue weighted by Gasteiger charge is 2.20. The van der Waals surface area contributed by atoms with E-state index in [1.807, 2.05) is 42.1 Å². The SMILES string of the molecule is CN(CC1CCCNC1)C(=O)c1cnc2c(cnn2Cc2cccc(Cl)c2)c1. The van der Waals surface area contributed by atoms with Gasteiger partial charge in [-0.05, 0) is 55.6 Å². The Balaban J connectivity index is 1.49. The van der Waals surface area contributed by atoms with E-state index in [2.05, 4.69) is 15.4 Å². The maximum atomic E-state index is 12.8. The third-order valence-corrected chi connectivity index (χ3v) is 5.46. The van der Waals surface area contributed by atoms with Crippen molar-refractivity contribution in [1.82, 2.24) is 25.0 Å². The highest BCUT2D eigenvalue weighted by atomic mass is 35.5. The molecule has 7 heteroatoms. The summed E-state index contributed by atoms with van der Waals surface area (Å²) in [5.74, 6) is 0.516. The van der Waals surface area contributed by atoms with E-state index in [0.717, 1.165) is 42.7 Å². The standard InChI is InChI=1S/C21H24ClN5O/c1-26(13-16-5-3-7-23-10-16)21(28)18-9-17-12-25-27(20(17)24-11-18)14-15-4-2-6-19(22)8-15/h2,4,6,8-9,11-12,16,23H,3,5,7,10,13-14H2,1H3. The Morgan fingerprint density at radius 2 is 2.25 bits per heavy atom. The summed E-state index contributed by atoms with van der Waals surface area (Å²) in [7, 11) is 1.86. The molecule has 6 nitrogen and oxygen atoms in total. The van der Waals surface area contributed by atoms with E-state index in [-0.39, 0.29) is 5.91 Å². The Morgan fingerprint density at radius 1 is 1.36 bits per heavy atom. The van der Waals surface area contributed by atoms with Crippen LogP contribution in [0.25, 0.3) is 11.0 Å². The molecule has 1 aliphatic heterocycles. The Labute approximate surface area is 169 Å². The smallest absolute Gasteiger partial charge is 0.255 e. The van der Waals surface area contributed by atoms with Crippen molar-refractivity contribution in [3.63, 3.8) is 0 Å². The lowest BCUT2D eigenvalue weighted by Crippen LogP contribution is -2.39. The highest BCUT2D eigenvalue weighted by Crippen LogP contribution is 2.18. The van der Waals surface area contributed by atoms with E-state index < -0.39 is 0 Å². The summed E-state index contributed by atoms with van der Waals surface area (Å²) in [6, 6.07) is 9.57. The van der Waals surface area contributed by atoms with E-state index in [0.29, 0.717) is 23.0 Å². The zero-order valence-electron chi connectivity index (χ0n) is 15.9. The molecule has 1 amide bonds. The summed E-state index contributed by atoms with van der Waals surface area (Å²) >= 11 is 6.07. The number of hydrogen-bond donors (Lipinski definition) is 1. The molecule has 28 heavy (non-hydrogen) atoms. The molecule has 0 aliphatic carbocycles. The van der Waals surface area contributed by atoms with Gasteiger partial charge in [-0.2, -0.15) is 5.10 Å². The molecule has 0 radical (unpaired) electrons. The predicted molar refractivity (Wildman–Crippen MR) is 111 cm³/mol. The van der Waals surface area contributed by atoms with Gasteiger partial charge >= 0.3 is 0 Å². The summed E-state index contributed by atoms with van der Waals surface area (Å²) in [5.41, 5.74) is 2.41. The van der Waals surface area contributed by atoms with Crippen molar-refractivity contribution < 1.29 is 4.79 Å². The fourth-order valence-electron chi connectivity index (χ4n) is 3.78. The van der Waals surface area contributed by atoms with Gasteiger partial charge in [-0.1, -0.05) is 23.7 Å². The van der Waals surface area contributed by atoms with Crippen molar-refractivity contribution in [3.8, 4) is 0 Å². The number of benzene rings is 1. The summed E-state index contributed by atoms with van der Waals surface area (Å²) in [6.45, 7) is 3.40. The number of pyridine rings is 1. The molecule has 1 atom stereocenters. The van der Waals surface area contributed by atoms with Gasteiger partial charge in [0.25, 0.3) is 5.91 Å². The number of aromatic nitrogens is 3. The van der Waals surface area contributed by atoms with Crippen LogP contribution in [-0.2, 0) is 6.54 Å². The van der Waals surface area contributed by atoms with Crippen LogP contribution in [-0.4, -0.2) is 52.3 Å². The van der Waals surface area contributed by atoms with E-state index in [9.17, 15) is 4.79 Å². The van der Waals surface area contributed by atoms with Crippen molar-refractivity contribution in [3.05, 3.63) is 58.9 Å². The third kappa shape index (κ3) is 4.18. The summed E-state index contributed by atoms with van der Waals surface area (Å²) in [4.78, 5) is 19.1. The second-order valence-corrected chi connectivity index (χ2v) is 7.90. The number of hydrogen-bond acceptors (Lipinski definition) is 4. The molecule has 146 valence electrons. The van der Waals surface area contributed by atoms with Gasteiger partial charge in [0.05, 0.1) is 18.3 Å². The van der Waals surface area contributed by atoms with Gasteiger partial charge in [0, 0.05) is 30.2 Å². The minimum Gasteiger partial charge on any atom is -0.341 e. The van der Waals surface area contributed by atoms with Gasteiger partial charge < -0.3 is 10.2 Å². The lowest BCUT2D eigenvalue weighted by Gasteiger charge is -2.27. The second kappa shape index (κ2) is 8.29. The lowest BCUT2D eigenvalue weighted by molar-refractivity contribution is 0.0764.